The van der Waals surface area contributed by atoms with E-state index in [4.69, 9.17) is 9.47 Å². The van der Waals surface area contributed by atoms with E-state index in [0.29, 0.717) is 24.2 Å². The number of fused-ring (bicyclic) bond motifs is 1. The van der Waals surface area contributed by atoms with Crippen LogP contribution < -0.4 is 14.4 Å². The van der Waals surface area contributed by atoms with Gasteiger partial charge in [-0.3, -0.25) is 4.90 Å². The quantitative estimate of drug-likeness (QED) is 0.690. The molecule has 4 nitrogen and oxygen atoms in total. The first-order valence-corrected chi connectivity index (χ1v) is 9.31. The van der Waals surface area contributed by atoms with Crippen LogP contribution in [0.25, 0.3) is 0 Å². The van der Waals surface area contributed by atoms with Crippen LogP contribution in [-0.4, -0.2) is 19.7 Å². The van der Waals surface area contributed by atoms with E-state index < -0.39 is 6.09 Å². The van der Waals surface area contributed by atoms with Gasteiger partial charge in [-0.15, -0.1) is 0 Å². The van der Waals surface area contributed by atoms with E-state index in [1.54, 1.807) is 13.1 Å². The average molecular weight is 353 g/mol. The number of carbonyl (C=O) groups excluding carboxylic acids is 1. The molecule has 1 heterocycles. The number of hydrogen-bond donors (Lipinski definition) is 0. The molecule has 2 aromatic rings. The molecule has 0 saturated heterocycles. The lowest BCUT2D eigenvalue weighted by Gasteiger charge is -2.18. The lowest BCUT2D eigenvalue weighted by atomic mass is 9.96. The number of rotatable bonds is 5. The fourth-order valence-electron chi connectivity index (χ4n) is 3.27. The molecular weight excluding hydrogens is 326 g/mol. The Labute approximate surface area is 155 Å². The number of carbonyl (C=O) groups is 1. The van der Waals surface area contributed by atoms with Crippen LogP contribution in [0.1, 0.15) is 56.6 Å². The third-order valence-electron chi connectivity index (χ3n) is 4.92. The molecule has 138 valence electrons. The van der Waals surface area contributed by atoms with E-state index in [9.17, 15) is 4.79 Å². The van der Waals surface area contributed by atoms with Crippen molar-refractivity contribution in [1.82, 2.24) is 0 Å². The minimum absolute atomic E-state index is 0.384. The monoisotopic (exact) mass is 353 g/mol. The molecule has 1 aliphatic heterocycles. The van der Waals surface area contributed by atoms with Crippen molar-refractivity contribution >= 4 is 11.8 Å². The van der Waals surface area contributed by atoms with E-state index in [1.807, 2.05) is 36.4 Å². The van der Waals surface area contributed by atoms with Crippen LogP contribution in [-0.2, 0) is 0 Å². The molecule has 0 radical (unpaired) electrons. The van der Waals surface area contributed by atoms with E-state index in [0.717, 1.165) is 29.8 Å². The average Bonchev–Trinajstić information content (AvgIpc) is 3.04. The predicted molar refractivity (Wildman–Crippen MR) is 105 cm³/mol. The van der Waals surface area contributed by atoms with Gasteiger partial charge in [0.2, 0.25) is 0 Å². The summed E-state index contributed by atoms with van der Waals surface area (Å²) in [6.45, 7) is 7.18. The molecule has 0 fully saturated rings. The fraction of sp³-hybridized carbons (Fsp3) is 0.409. The number of benzene rings is 2. The molecule has 1 atom stereocenters. The second-order valence-corrected chi connectivity index (χ2v) is 7.17. The minimum atomic E-state index is -0.395. The summed E-state index contributed by atoms with van der Waals surface area (Å²) in [5, 5.41) is 0. The third-order valence-corrected chi connectivity index (χ3v) is 4.92. The Balaban J connectivity index is 1.70. The van der Waals surface area contributed by atoms with Gasteiger partial charge in [-0.25, -0.2) is 4.79 Å². The molecule has 0 aromatic heterocycles. The van der Waals surface area contributed by atoms with Crippen LogP contribution in [0.3, 0.4) is 0 Å². The summed E-state index contributed by atoms with van der Waals surface area (Å²) >= 11 is 0. The van der Waals surface area contributed by atoms with Gasteiger partial charge in [0.25, 0.3) is 0 Å². The second-order valence-electron chi connectivity index (χ2n) is 7.17. The van der Waals surface area contributed by atoms with Crippen molar-refractivity contribution < 1.29 is 14.3 Å². The summed E-state index contributed by atoms with van der Waals surface area (Å²) in [4.78, 5) is 14.0. The molecule has 26 heavy (non-hydrogen) atoms. The largest absolute Gasteiger partial charge is 0.493 e. The molecule has 3 rings (SSSR count). The van der Waals surface area contributed by atoms with E-state index in [-0.39, 0.29) is 0 Å². The molecule has 1 unspecified atom stereocenters. The van der Waals surface area contributed by atoms with Crippen molar-refractivity contribution in [2.24, 2.45) is 0 Å². The van der Waals surface area contributed by atoms with Gasteiger partial charge in [-0.1, -0.05) is 39.3 Å². The summed E-state index contributed by atoms with van der Waals surface area (Å²) in [6.07, 6.45) is 1.78. The van der Waals surface area contributed by atoms with Crippen molar-refractivity contribution in [2.75, 3.05) is 18.6 Å². The Morgan fingerprint density at radius 3 is 2.62 bits per heavy atom. The van der Waals surface area contributed by atoms with Gasteiger partial charge in [-0.2, -0.15) is 0 Å². The first-order valence-electron chi connectivity index (χ1n) is 9.31. The molecule has 1 amide bonds. The highest BCUT2D eigenvalue weighted by molar-refractivity contribution is 5.88. The summed E-state index contributed by atoms with van der Waals surface area (Å²) in [7, 11) is 1.73. The van der Waals surface area contributed by atoms with Crippen LogP contribution in [0.15, 0.2) is 42.5 Å². The van der Waals surface area contributed by atoms with Gasteiger partial charge in [-0.05, 0) is 48.2 Å². The zero-order valence-corrected chi connectivity index (χ0v) is 16.0. The highest BCUT2D eigenvalue weighted by atomic mass is 16.6. The number of amides is 1. The first kappa shape index (κ1) is 18.3. The van der Waals surface area contributed by atoms with Gasteiger partial charge in [0.15, 0.2) is 0 Å². The van der Waals surface area contributed by atoms with Crippen LogP contribution in [0.2, 0.25) is 0 Å². The molecule has 0 aliphatic carbocycles. The van der Waals surface area contributed by atoms with Crippen molar-refractivity contribution in [2.45, 2.75) is 45.4 Å². The fourth-order valence-corrected chi connectivity index (χ4v) is 3.27. The van der Waals surface area contributed by atoms with E-state index in [2.05, 4.69) is 20.8 Å². The van der Waals surface area contributed by atoms with Crippen molar-refractivity contribution in [3.8, 4) is 11.5 Å². The summed E-state index contributed by atoms with van der Waals surface area (Å²) in [5.74, 6) is 2.31. The molecule has 2 aromatic carbocycles. The van der Waals surface area contributed by atoms with Gasteiger partial charge < -0.3 is 9.47 Å². The zero-order valence-electron chi connectivity index (χ0n) is 16.0. The molecule has 1 aliphatic rings. The number of anilines is 1. The minimum Gasteiger partial charge on any atom is -0.493 e. The summed E-state index contributed by atoms with van der Waals surface area (Å²) in [6, 6.07) is 13.6. The Kier molecular flexibility index (Phi) is 5.50. The normalized spacial score (nSPS) is 15.5. The molecule has 0 N–H and O–H groups in total. The van der Waals surface area contributed by atoms with E-state index in [1.165, 1.54) is 10.5 Å². The maximum atomic E-state index is 12.5. The Morgan fingerprint density at radius 1 is 1.23 bits per heavy atom. The highest BCUT2D eigenvalue weighted by Gasteiger charge is 2.24. The Hall–Kier alpha value is -2.49. The standard InChI is InChI=1S/C22H27NO3/c1-5-6-17-14-25-21-12-11-19(13-20(17)21)26-22(24)23(4)18-9-7-16(8-10-18)15(2)3/h7-13,15,17H,5-6,14H2,1-4H3. The lowest BCUT2D eigenvalue weighted by molar-refractivity contribution is 0.209. The van der Waals surface area contributed by atoms with Gasteiger partial charge in [0.1, 0.15) is 11.5 Å². The maximum Gasteiger partial charge on any atom is 0.419 e. The number of ether oxygens (including phenoxy) is 2. The first-order chi connectivity index (χ1) is 12.5. The zero-order chi connectivity index (χ0) is 18.7. The second kappa shape index (κ2) is 7.81. The number of hydrogen-bond acceptors (Lipinski definition) is 3. The topological polar surface area (TPSA) is 38.8 Å². The molecular formula is C22H27NO3. The molecule has 0 bridgehead atoms. The van der Waals surface area contributed by atoms with Gasteiger partial charge in [0, 0.05) is 24.2 Å². The summed E-state index contributed by atoms with van der Waals surface area (Å²) < 4.78 is 11.3. The smallest absolute Gasteiger partial charge is 0.419 e. The van der Waals surface area contributed by atoms with Gasteiger partial charge in [0.05, 0.1) is 6.61 Å². The Morgan fingerprint density at radius 2 is 1.96 bits per heavy atom. The van der Waals surface area contributed by atoms with Gasteiger partial charge >= 0.3 is 6.09 Å². The van der Waals surface area contributed by atoms with Crippen LogP contribution in [0.5, 0.6) is 11.5 Å². The Bertz CT molecular complexity index is 765. The van der Waals surface area contributed by atoms with Crippen molar-refractivity contribution in [3.05, 3.63) is 53.6 Å². The van der Waals surface area contributed by atoms with Crippen molar-refractivity contribution in [3.63, 3.8) is 0 Å². The van der Waals surface area contributed by atoms with E-state index >= 15 is 0 Å². The maximum absolute atomic E-state index is 12.5. The van der Waals surface area contributed by atoms with Crippen LogP contribution in [0.4, 0.5) is 10.5 Å². The molecule has 0 spiro atoms. The SMILES string of the molecule is CCCC1COc2ccc(OC(=O)N(C)c3ccc(C(C)C)cc3)cc21. The summed E-state index contributed by atoms with van der Waals surface area (Å²) in [5.41, 5.74) is 3.20. The van der Waals surface area contributed by atoms with Crippen molar-refractivity contribution in [1.29, 1.82) is 0 Å². The molecule has 4 heteroatoms. The molecule has 0 saturated carbocycles. The lowest BCUT2D eigenvalue weighted by Crippen LogP contribution is -2.29. The number of nitrogens with zero attached hydrogens (tertiary/aromatic N) is 1. The third kappa shape index (κ3) is 3.85. The predicted octanol–water partition coefficient (Wildman–Crippen LogP) is 5.72. The van der Waals surface area contributed by atoms with Crippen LogP contribution in [0, 0.1) is 0 Å². The highest BCUT2D eigenvalue weighted by Crippen LogP contribution is 2.38. The van der Waals surface area contributed by atoms with Crippen LogP contribution >= 0.6 is 0 Å².